The summed E-state index contributed by atoms with van der Waals surface area (Å²) in [5.41, 5.74) is 2.96. The fourth-order valence-electron chi connectivity index (χ4n) is 2.95. The summed E-state index contributed by atoms with van der Waals surface area (Å²) in [4.78, 5) is 35.3. The Hall–Kier alpha value is -3.16. The first-order valence-electron chi connectivity index (χ1n) is 8.51. The molecule has 0 saturated carbocycles. The number of urea groups is 1. The van der Waals surface area contributed by atoms with Gasteiger partial charge in [0.15, 0.2) is 12.3 Å². The highest BCUT2D eigenvalue weighted by atomic mass is 16.5. The predicted octanol–water partition coefficient (Wildman–Crippen LogP) is 1.36. The Bertz CT molecular complexity index is 829. The minimum Gasteiger partial charge on any atom is -0.451 e. The van der Waals surface area contributed by atoms with Gasteiger partial charge in [-0.3, -0.25) is 10.1 Å². The Labute approximate surface area is 150 Å². The molecule has 136 valence electrons. The molecule has 0 radical (unpaired) electrons. The van der Waals surface area contributed by atoms with Gasteiger partial charge in [-0.2, -0.15) is 5.10 Å². The zero-order valence-electron chi connectivity index (χ0n) is 14.4. The van der Waals surface area contributed by atoms with Crippen LogP contribution < -0.4 is 10.6 Å². The highest BCUT2D eigenvalue weighted by Crippen LogP contribution is 2.28. The molecule has 8 heteroatoms. The number of carbonyl (C=O) groups excluding carboxylic acids is 3. The summed E-state index contributed by atoms with van der Waals surface area (Å²) >= 11 is 0. The van der Waals surface area contributed by atoms with Gasteiger partial charge in [0.05, 0.1) is 5.69 Å². The number of fused-ring (bicyclic) bond motifs is 1. The minimum atomic E-state index is -0.691. The van der Waals surface area contributed by atoms with Crippen molar-refractivity contribution in [3.8, 4) is 5.69 Å². The van der Waals surface area contributed by atoms with Gasteiger partial charge >= 0.3 is 12.0 Å². The lowest BCUT2D eigenvalue weighted by molar-refractivity contribution is -0.123. The summed E-state index contributed by atoms with van der Waals surface area (Å²) in [7, 11) is 0. The highest BCUT2D eigenvalue weighted by molar-refractivity contribution is 5.97. The Morgan fingerprint density at radius 2 is 1.96 bits per heavy atom. The number of nitrogens with one attached hydrogen (secondary N) is 2. The lowest BCUT2D eigenvalue weighted by Gasteiger charge is -2.06. The van der Waals surface area contributed by atoms with E-state index < -0.39 is 24.5 Å². The molecule has 2 N–H and O–H groups in total. The summed E-state index contributed by atoms with van der Waals surface area (Å²) in [6.07, 6.45) is 2.53. The zero-order chi connectivity index (χ0) is 18.5. The number of ether oxygens (including phenoxy) is 1. The van der Waals surface area contributed by atoms with E-state index in [4.69, 9.17) is 4.74 Å². The van der Waals surface area contributed by atoms with E-state index in [-0.39, 0.29) is 5.69 Å². The molecule has 1 aliphatic carbocycles. The molecule has 1 aliphatic rings. The first-order chi connectivity index (χ1) is 12.6. The van der Waals surface area contributed by atoms with Crippen LogP contribution in [0.1, 0.15) is 35.1 Å². The Morgan fingerprint density at radius 1 is 1.19 bits per heavy atom. The standard InChI is InChI=1S/C18H20N4O4/c1-2-19-18(25)20-15(23)11-26-17(24)16-13-9-6-10-14(13)22(21-16)12-7-4-3-5-8-12/h3-5,7-8H,2,6,9-11H2,1H3,(H2,19,20,23,25). The lowest BCUT2D eigenvalue weighted by atomic mass is 10.2. The summed E-state index contributed by atoms with van der Waals surface area (Å²) in [5, 5.41) is 8.90. The number of nitrogens with zero attached hydrogens (tertiary/aromatic N) is 2. The number of benzene rings is 1. The minimum absolute atomic E-state index is 0.229. The maximum absolute atomic E-state index is 12.4. The van der Waals surface area contributed by atoms with E-state index in [1.54, 1.807) is 11.6 Å². The number of rotatable bonds is 5. The van der Waals surface area contributed by atoms with Crippen LogP contribution in [0.15, 0.2) is 30.3 Å². The Kier molecular flexibility index (Phi) is 5.31. The third-order valence-electron chi connectivity index (χ3n) is 4.05. The molecule has 8 nitrogen and oxygen atoms in total. The van der Waals surface area contributed by atoms with Crippen molar-refractivity contribution in [1.82, 2.24) is 20.4 Å². The van der Waals surface area contributed by atoms with Crippen molar-refractivity contribution in [2.24, 2.45) is 0 Å². The fraction of sp³-hybridized carbons (Fsp3) is 0.333. The number of para-hydroxylation sites is 1. The molecular weight excluding hydrogens is 336 g/mol. The van der Waals surface area contributed by atoms with E-state index in [2.05, 4.69) is 15.7 Å². The highest BCUT2D eigenvalue weighted by Gasteiger charge is 2.28. The molecule has 0 aliphatic heterocycles. The van der Waals surface area contributed by atoms with E-state index in [0.717, 1.165) is 36.2 Å². The first-order valence-corrected chi connectivity index (χ1v) is 8.51. The monoisotopic (exact) mass is 356 g/mol. The largest absolute Gasteiger partial charge is 0.451 e. The molecule has 3 amide bonds. The van der Waals surface area contributed by atoms with Crippen molar-refractivity contribution >= 4 is 17.9 Å². The third kappa shape index (κ3) is 3.74. The number of imide groups is 1. The topological polar surface area (TPSA) is 102 Å². The number of esters is 1. The Morgan fingerprint density at radius 3 is 2.69 bits per heavy atom. The summed E-state index contributed by atoms with van der Waals surface area (Å²) < 4.78 is 6.79. The van der Waals surface area contributed by atoms with E-state index in [1.807, 2.05) is 30.3 Å². The molecule has 0 atom stereocenters. The van der Waals surface area contributed by atoms with E-state index in [1.165, 1.54) is 0 Å². The molecular formula is C18H20N4O4. The molecule has 0 spiro atoms. The third-order valence-corrected chi connectivity index (χ3v) is 4.05. The number of aromatic nitrogens is 2. The van der Waals surface area contributed by atoms with Crippen molar-refractivity contribution in [1.29, 1.82) is 0 Å². The van der Waals surface area contributed by atoms with Crippen LogP contribution in [0.25, 0.3) is 5.69 Å². The van der Waals surface area contributed by atoms with Crippen LogP contribution in [0.3, 0.4) is 0 Å². The van der Waals surface area contributed by atoms with Crippen molar-refractivity contribution in [3.05, 3.63) is 47.3 Å². The van der Waals surface area contributed by atoms with Gasteiger partial charge in [-0.25, -0.2) is 14.3 Å². The van der Waals surface area contributed by atoms with Crippen LogP contribution in [0.5, 0.6) is 0 Å². The summed E-state index contributed by atoms with van der Waals surface area (Å²) in [5.74, 6) is -1.35. The molecule has 0 bridgehead atoms. The van der Waals surface area contributed by atoms with E-state index in [9.17, 15) is 14.4 Å². The van der Waals surface area contributed by atoms with Crippen LogP contribution in [0, 0.1) is 0 Å². The molecule has 3 rings (SSSR count). The van der Waals surface area contributed by atoms with Crippen LogP contribution in [-0.4, -0.2) is 40.8 Å². The molecule has 1 heterocycles. The lowest BCUT2D eigenvalue weighted by Crippen LogP contribution is -2.41. The second-order valence-corrected chi connectivity index (χ2v) is 5.86. The van der Waals surface area contributed by atoms with Crippen molar-refractivity contribution in [2.75, 3.05) is 13.2 Å². The van der Waals surface area contributed by atoms with Gasteiger partial charge in [-0.05, 0) is 38.3 Å². The summed E-state index contributed by atoms with van der Waals surface area (Å²) in [6, 6.07) is 8.93. The SMILES string of the molecule is CCNC(=O)NC(=O)COC(=O)c1nn(-c2ccccc2)c2c1CCC2. The molecule has 0 fully saturated rings. The van der Waals surface area contributed by atoms with Crippen molar-refractivity contribution in [3.63, 3.8) is 0 Å². The quantitative estimate of drug-likeness (QED) is 0.788. The average Bonchev–Trinajstić information content (AvgIpc) is 3.23. The number of hydrogen-bond donors (Lipinski definition) is 2. The predicted molar refractivity (Wildman–Crippen MR) is 93.1 cm³/mol. The zero-order valence-corrected chi connectivity index (χ0v) is 14.4. The van der Waals surface area contributed by atoms with Gasteiger partial charge in [-0.1, -0.05) is 18.2 Å². The fourth-order valence-corrected chi connectivity index (χ4v) is 2.95. The van der Waals surface area contributed by atoms with Crippen molar-refractivity contribution in [2.45, 2.75) is 26.2 Å². The maximum Gasteiger partial charge on any atom is 0.359 e. The average molecular weight is 356 g/mol. The van der Waals surface area contributed by atoms with Gasteiger partial charge in [0.2, 0.25) is 0 Å². The number of carbonyl (C=O) groups is 3. The summed E-state index contributed by atoms with van der Waals surface area (Å²) in [6.45, 7) is 1.58. The van der Waals surface area contributed by atoms with Gasteiger partial charge in [-0.15, -0.1) is 0 Å². The van der Waals surface area contributed by atoms with Crippen LogP contribution >= 0.6 is 0 Å². The van der Waals surface area contributed by atoms with Gasteiger partial charge in [0, 0.05) is 17.8 Å². The van der Waals surface area contributed by atoms with Gasteiger partial charge in [0.1, 0.15) is 0 Å². The number of hydrogen-bond acceptors (Lipinski definition) is 5. The molecule has 1 aromatic carbocycles. The van der Waals surface area contributed by atoms with Crippen LogP contribution in [-0.2, 0) is 22.4 Å². The van der Waals surface area contributed by atoms with Crippen molar-refractivity contribution < 1.29 is 19.1 Å². The second-order valence-electron chi connectivity index (χ2n) is 5.86. The molecule has 2 aromatic rings. The number of amides is 3. The first kappa shape index (κ1) is 17.7. The molecule has 26 heavy (non-hydrogen) atoms. The smallest absolute Gasteiger partial charge is 0.359 e. The van der Waals surface area contributed by atoms with Gasteiger partial charge in [0.25, 0.3) is 5.91 Å². The second kappa shape index (κ2) is 7.81. The molecule has 0 unspecified atom stereocenters. The van der Waals surface area contributed by atoms with E-state index >= 15 is 0 Å². The van der Waals surface area contributed by atoms with Crippen LogP contribution in [0.4, 0.5) is 4.79 Å². The molecule has 1 aromatic heterocycles. The normalized spacial score (nSPS) is 12.3. The maximum atomic E-state index is 12.4. The molecule has 0 saturated heterocycles. The Balaban J connectivity index is 1.71. The van der Waals surface area contributed by atoms with Gasteiger partial charge < -0.3 is 10.1 Å². The van der Waals surface area contributed by atoms with E-state index in [0.29, 0.717) is 6.54 Å². The van der Waals surface area contributed by atoms with Crippen LogP contribution in [0.2, 0.25) is 0 Å².